The highest BCUT2D eigenvalue weighted by atomic mass is 32.2. The third-order valence-corrected chi connectivity index (χ3v) is 7.19. The molecular weight excluding hydrogens is 286 g/mol. The van der Waals surface area contributed by atoms with Crippen molar-refractivity contribution >= 4 is 10.0 Å². The predicted octanol–water partition coefficient (Wildman–Crippen LogP) is 1.72. The van der Waals surface area contributed by atoms with Crippen LogP contribution in [0.4, 0.5) is 0 Å². The number of nitrogens with two attached hydrogens (primary N) is 1. The molecule has 0 amide bonds. The Labute approximate surface area is 125 Å². The van der Waals surface area contributed by atoms with Crippen LogP contribution in [0.1, 0.15) is 44.2 Å². The second kappa shape index (κ2) is 4.57. The second-order valence-electron chi connectivity index (χ2n) is 7.37. The highest BCUT2D eigenvalue weighted by molar-refractivity contribution is 7.89. The molecule has 5 rings (SSSR count). The van der Waals surface area contributed by atoms with Crippen LogP contribution in [0.15, 0.2) is 17.2 Å². The maximum atomic E-state index is 12.7. The SMILES string of the molecule is NCc1cc(S(=O)(=O)NC23CC4CC(CC(C4)C2)C3)c[nH]1. The molecule has 0 unspecified atom stereocenters. The molecule has 116 valence electrons. The van der Waals surface area contributed by atoms with Gasteiger partial charge in [0.15, 0.2) is 0 Å². The number of nitrogens with one attached hydrogen (secondary N) is 2. The van der Waals surface area contributed by atoms with Crippen molar-refractivity contribution in [1.29, 1.82) is 0 Å². The molecule has 0 aromatic carbocycles. The molecule has 1 aromatic heterocycles. The summed E-state index contributed by atoms with van der Waals surface area (Å²) in [4.78, 5) is 3.24. The summed E-state index contributed by atoms with van der Waals surface area (Å²) in [5.74, 6) is 2.18. The zero-order chi connectivity index (χ0) is 14.7. The summed E-state index contributed by atoms with van der Waals surface area (Å²) >= 11 is 0. The van der Waals surface area contributed by atoms with Crippen LogP contribution in [0.5, 0.6) is 0 Å². The van der Waals surface area contributed by atoms with Crippen molar-refractivity contribution in [3.05, 3.63) is 18.0 Å². The van der Waals surface area contributed by atoms with Crippen LogP contribution in [0.3, 0.4) is 0 Å². The average molecular weight is 309 g/mol. The lowest BCUT2D eigenvalue weighted by atomic mass is 9.53. The summed E-state index contributed by atoms with van der Waals surface area (Å²) in [5.41, 5.74) is 6.11. The van der Waals surface area contributed by atoms with Gasteiger partial charge in [-0.3, -0.25) is 0 Å². The fourth-order valence-electron chi connectivity index (χ4n) is 5.27. The zero-order valence-corrected chi connectivity index (χ0v) is 13.0. The molecule has 21 heavy (non-hydrogen) atoms. The Morgan fingerprint density at radius 3 is 2.24 bits per heavy atom. The lowest BCUT2D eigenvalue weighted by Crippen LogP contribution is -2.59. The van der Waals surface area contributed by atoms with Gasteiger partial charge in [0.05, 0.1) is 4.90 Å². The number of hydrogen-bond acceptors (Lipinski definition) is 3. The minimum absolute atomic E-state index is 0.187. The maximum Gasteiger partial charge on any atom is 0.242 e. The Balaban J connectivity index is 1.60. The lowest BCUT2D eigenvalue weighted by molar-refractivity contribution is -0.00810. The first-order valence-corrected chi connectivity index (χ1v) is 9.38. The van der Waals surface area contributed by atoms with Crippen LogP contribution >= 0.6 is 0 Å². The summed E-state index contributed by atoms with van der Waals surface area (Å²) in [6.45, 7) is 0.326. The van der Waals surface area contributed by atoms with Crippen LogP contribution in [0, 0.1) is 17.8 Å². The first-order valence-electron chi connectivity index (χ1n) is 7.89. The fourth-order valence-corrected chi connectivity index (χ4v) is 6.72. The van der Waals surface area contributed by atoms with E-state index in [1.807, 2.05) is 0 Å². The van der Waals surface area contributed by atoms with Gasteiger partial charge in [0.25, 0.3) is 0 Å². The molecule has 0 spiro atoms. The number of rotatable bonds is 4. The largest absolute Gasteiger partial charge is 0.363 e. The van der Waals surface area contributed by atoms with E-state index in [9.17, 15) is 8.42 Å². The first kappa shape index (κ1) is 13.8. The Kier molecular flexibility index (Phi) is 3.00. The van der Waals surface area contributed by atoms with E-state index >= 15 is 0 Å². The summed E-state index contributed by atoms with van der Waals surface area (Å²) in [6.07, 6.45) is 8.53. The second-order valence-corrected chi connectivity index (χ2v) is 9.05. The highest BCUT2D eigenvalue weighted by Crippen LogP contribution is 2.55. The van der Waals surface area contributed by atoms with E-state index in [-0.39, 0.29) is 5.54 Å². The molecule has 1 aromatic rings. The van der Waals surface area contributed by atoms with Gasteiger partial charge in [0.1, 0.15) is 0 Å². The van der Waals surface area contributed by atoms with Crippen LogP contribution in [0.25, 0.3) is 0 Å². The summed E-state index contributed by atoms with van der Waals surface area (Å²) in [6, 6.07) is 1.64. The van der Waals surface area contributed by atoms with Gasteiger partial charge in [0, 0.05) is 24.0 Å². The van der Waals surface area contributed by atoms with Gasteiger partial charge in [-0.1, -0.05) is 0 Å². The van der Waals surface area contributed by atoms with E-state index in [1.54, 1.807) is 12.3 Å². The molecule has 4 N–H and O–H groups in total. The van der Waals surface area contributed by atoms with E-state index in [0.29, 0.717) is 11.4 Å². The molecule has 0 radical (unpaired) electrons. The standard InChI is InChI=1S/C15H23N3O2S/c16-8-13-4-14(9-17-13)21(19,20)18-15-5-10-1-11(6-15)3-12(2-10)7-15/h4,9-12,17-18H,1-3,5-8,16H2. The summed E-state index contributed by atoms with van der Waals surface area (Å²) < 4.78 is 28.4. The number of sulfonamides is 1. The van der Waals surface area contributed by atoms with E-state index in [2.05, 4.69) is 9.71 Å². The van der Waals surface area contributed by atoms with Crippen molar-refractivity contribution in [1.82, 2.24) is 9.71 Å². The van der Waals surface area contributed by atoms with Crippen molar-refractivity contribution in [3.63, 3.8) is 0 Å². The molecule has 0 aliphatic heterocycles. The van der Waals surface area contributed by atoms with Gasteiger partial charge in [-0.05, 0) is 62.3 Å². The molecule has 1 heterocycles. The topological polar surface area (TPSA) is 88.0 Å². The average Bonchev–Trinajstić information content (AvgIpc) is 2.85. The molecule has 4 saturated carbocycles. The molecule has 0 atom stereocenters. The monoisotopic (exact) mass is 309 g/mol. The van der Waals surface area contributed by atoms with Gasteiger partial charge < -0.3 is 10.7 Å². The summed E-state index contributed by atoms with van der Waals surface area (Å²) in [7, 11) is -3.45. The van der Waals surface area contributed by atoms with Gasteiger partial charge in [-0.15, -0.1) is 0 Å². The van der Waals surface area contributed by atoms with Crippen molar-refractivity contribution in [3.8, 4) is 0 Å². The molecule has 5 nitrogen and oxygen atoms in total. The Morgan fingerprint density at radius 1 is 1.19 bits per heavy atom. The first-order chi connectivity index (χ1) is 9.98. The minimum Gasteiger partial charge on any atom is -0.363 e. The number of aromatic amines is 1. The Bertz CT molecular complexity index is 614. The van der Waals surface area contributed by atoms with E-state index in [4.69, 9.17) is 5.73 Å². The van der Waals surface area contributed by atoms with Crippen molar-refractivity contribution in [2.24, 2.45) is 23.5 Å². The van der Waals surface area contributed by atoms with Crippen LogP contribution < -0.4 is 10.5 Å². The van der Waals surface area contributed by atoms with Crippen molar-refractivity contribution in [2.75, 3.05) is 0 Å². The molecule has 4 bridgehead atoms. The Hall–Kier alpha value is -0.850. The molecule has 4 aliphatic carbocycles. The van der Waals surface area contributed by atoms with Crippen LogP contribution in [-0.2, 0) is 16.6 Å². The molecule has 6 heteroatoms. The number of aromatic nitrogens is 1. The third kappa shape index (κ3) is 2.33. The predicted molar refractivity (Wildman–Crippen MR) is 79.9 cm³/mol. The fraction of sp³-hybridized carbons (Fsp3) is 0.733. The zero-order valence-electron chi connectivity index (χ0n) is 12.1. The van der Waals surface area contributed by atoms with Gasteiger partial charge in [0.2, 0.25) is 10.0 Å². The van der Waals surface area contributed by atoms with Crippen LogP contribution in [-0.4, -0.2) is 18.9 Å². The van der Waals surface area contributed by atoms with E-state index in [1.165, 1.54) is 19.3 Å². The quantitative estimate of drug-likeness (QED) is 0.791. The molecule has 4 fully saturated rings. The molecular formula is C15H23N3O2S. The summed E-state index contributed by atoms with van der Waals surface area (Å²) in [5, 5.41) is 0. The third-order valence-electron chi connectivity index (χ3n) is 5.64. The lowest BCUT2D eigenvalue weighted by Gasteiger charge is -2.56. The minimum atomic E-state index is -3.45. The maximum absolute atomic E-state index is 12.7. The van der Waals surface area contributed by atoms with E-state index in [0.717, 1.165) is 42.7 Å². The van der Waals surface area contributed by atoms with Crippen LogP contribution in [0.2, 0.25) is 0 Å². The number of H-pyrrole nitrogens is 1. The van der Waals surface area contributed by atoms with Gasteiger partial charge in [-0.25, -0.2) is 13.1 Å². The van der Waals surface area contributed by atoms with E-state index < -0.39 is 10.0 Å². The number of hydrogen-bond donors (Lipinski definition) is 3. The normalized spacial score (nSPS) is 38.0. The van der Waals surface area contributed by atoms with Crippen molar-refractivity contribution < 1.29 is 8.42 Å². The smallest absolute Gasteiger partial charge is 0.242 e. The highest BCUT2D eigenvalue weighted by Gasteiger charge is 2.52. The van der Waals surface area contributed by atoms with Crippen molar-refractivity contribution in [2.45, 2.75) is 55.5 Å². The molecule has 0 saturated heterocycles. The van der Waals surface area contributed by atoms with Gasteiger partial charge in [-0.2, -0.15) is 0 Å². The van der Waals surface area contributed by atoms with Gasteiger partial charge >= 0.3 is 0 Å². The molecule has 4 aliphatic rings. The Morgan fingerprint density at radius 2 is 1.76 bits per heavy atom.